The Hall–Kier alpha value is -3.02. The van der Waals surface area contributed by atoms with E-state index in [1.807, 2.05) is 78.9 Å². The normalized spacial score (nSPS) is 16.0. The van der Waals surface area contributed by atoms with Crippen LogP contribution in [0.15, 0.2) is 105 Å². The van der Waals surface area contributed by atoms with Crippen LogP contribution in [-0.4, -0.2) is 4.57 Å². The van der Waals surface area contributed by atoms with Crippen LogP contribution in [0.1, 0.15) is 22.7 Å². The largest absolute Gasteiger partial charge is 0.272 e. The van der Waals surface area contributed by atoms with Crippen molar-refractivity contribution in [1.29, 1.82) is 0 Å². The predicted molar refractivity (Wildman–Crippen MR) is 126 cm³/mol. The van der Waals surface area contributed by atoms with Crippen molar-refractivity contribution in [3.05, 3.63) is 132 Å². The minimum Gasteiger partial charge on any atom is -0.272 e. The molecule has 30 heavy (non-hydrogen) atoms. The molecule has 1 atom stereocenters. The molecular weight excluding hydrogens is 456 g/mol. The summed E-state index contributed by atoms with van der Waals surface area (Å²) in [6.07, 6.45) is 4.02. The average molecular weight is 473 g/mol. The van der Waals surface area contributed by atoms with Crippen LogP contribution in [0.2, 0.25) is 0 Å². The summed E-state index contributed by atoms with van der Waals surface area (Å²) in [6.45, 7) is 0. The third-order valence-corrected chi connectivity index (χ3v) is 6.54. The summed E-state index contributed by atoms with van der Waals surface area (Å²) in [4.78, 5) is 18.9. The van der Waals surface area contributed by atoms with Gasteiger partial charge in [0.2, 0.25) is 0 Å². The van der Waals surface area contributed by atoms with Crippen molar-refractivity contribution in [2.75, 3.05) is 0 Å². The third-order valence-electron chi connectivity index (χ3n) is 5.03. The first-order valence-corrected chi connectivity index (χ1v) is 11.2. The van der Waals surface area contributed by atoms with Crippen molar-refractivity contribution in [2.45, 2.75) is 6.04 Å². The van der Waals surface area contributed by atoms with Crippen molar-refractivity contribution in [3.8, 4) is 0 Å². The quantitative estimate of drug-likeness (QED) is 0.423. The molecule has 3 aromatic carbocycles. The van der Waals surface area contributed by atoms with E-state index in [9.17, 15) is 4.79 Å². The summed E-state index contributed by atoms with van der Waals surface area (Å²) in [6, 6.07) is 27.9. The van der Waals surface area contributed by atoms with E-state index in [1.165, 1.54) is 11.3 Å². The molecule has 2 heterocycles. The fourth-order valence-electron chi connectivity index (χ4n) is 3.55. The molecule has 0 saturated carbocycles. The van der Waals surface area contributed by atoms with E-state index in [-0.39, 0.29) is 11.6 Å². The molecule has 1 aromatic heterocycles. The van der Waals surface area contributed by atoms with Gasteiger partial charge in [0, 0.05) is 10.0 Å². The summed E-state index contributed by atoms with van der Waals surface area (Å²) in [7, 11) is 0. The minimum absolute atomic E-state index is 0.0115. The van der Waals surface area contributed by atoms with E-state index in [0.29, 0.717) is 4.53 Å². The molecule has 0 spiro atoms. The monoisotopic (exact) mass is 472 g/mol. The van der Waals surface area contributed by atoms with Gasteiger partial charge in [-0.2, -0.15) is 0 Å². The fraction of sp³-hybridized carbons (Fsp3) is 0.0400. The van der Waals surface area contributed by atoms with Gasteiger partial charge in [0.1, 0.15) is 0 Å². The van der Waals surface area contributed by atoms with Gasteiger partial charge in [-0.25, -0.2) is 4.99 Å². The molecule has 0 bridgehead atoms. The molecular formula is C25H17BrN2OS. The molecule has 0 aliphatic carbocycles. The number of allylic oxidation sites excluding steroid dienone is 1. The second-order valence-electron chi connectivity index (χ2n) is 7.01. The maximum absolute atomic E-state index is 13.3. The molecule has 0 amide bonds. The lowest BCUT2D eigenvalue weighted by Crippen LogP contribution is -2.36. The van der Waals surface area contributed by atoms with Crippen molar-refractivity contribution in [2.24, 2.45) is 4.99 Å². The van der Waals surface area contributed by atoms with Crippen LogP contribution in [-0.2, 0) is 0 Å². The van der Waals surface area contributed by atoms with Gasteiger partial charge in [-0.1, -0.05) is 100 Å². The van der Waals surface area contributed by atoms with Gasteiger partial charge in [0.15, 0.2) is 4.80 Å². The van der Waals surface area contributed by atoms with Crippen LogP contribution in [0.25, 0.3) is 11.8 Å². The molecule has 1 aliphatic rings. The predicted octanol–water partition coefficient (Wildman–Crippen LogP) is 4.76. The number of halogens is 1. The van der Waals surface area contributed by atoms with Crippen LogP contribution < -0.4 is 14.9 Å². The van der Waals surface area contributed by atoms with Crippen molar-refractivity contribution in [1.82, 2.24) is 4.57 Å². The molecule has 1 aliphatic heterocycles. The summed E-state index contributed by atoms with van der Waals surface area (Å²) >= 11 is 4.93. The smallest absolute Gasteiger partial charge is 0.271 e. The van der Waals surface area contributed by atoms with Crippen LogP contribution >= 0.6 is 27.3 Å². The Balaban J connectivity index is 1.73. The number of nitrogens with zero attached hydrogens (tertiary/aromatic N) is 2. The molecule has 3 nitrogen and oxygen atoms in total. The van der Waals surface area contributed by atoms with Crippen LogP contribution in [0.3, 0.4) is 0 Å². The zero-order valence-corrected chi connectivity index (χ0v) is 18.3. The Morgan fingerprint density at radius 3 is 2.27 bits per heavy atom. The summed E-state index contributed by atoms with van der Waals surface area (Å²) in [5.41, 5.74) is 3.96. The van der Waals surface area contributed by atoms with Gasteiger partial charge in [-0.3, -0.25) is 9.36 Å². The lowest BCUT2D eigenvalue weighted by atomic mass is 10.0. The molecule has 0 radical (unpaired) electrons. The Morgan fingerprint density at radius 1 is 0.900 bits per heavy atom. The Bertz CT molecular complexity index is 1400. The first-order chi connectivity index (χ1) is 14.7. The summed E-state index contributed by atoms with van der Waals surface area (Å²) in [5, 5.41) is 0. The topological polar surface area (TPSA) is 34.4 Å². The number of hydrogen-bond acceptors (Lipinski definition) is 3. The second kappa shape index (κ2) is 8.01. The molecule has 0 saturated heterocycles. The lowest BCUT2D eigenvalue weighted by Gasteiger charge is -2.19. The molecule has 146 valence electrons. The van der Waals surface area contributed by atoms with Gasteiger partial charge in [-0.05, 0) is 35.4 Å². The maximum Gasteiger partial charge on any atom is 0.271 e. The van der Waals surface area contributed by atoms with Gasteiger partial charge in [0.25, 0.3) is 5.56 Å². The Labute approximate surface area is 186 Å². The van der Waals surface area contributed by atoms with Gasteiger partial charge < -0.3 is 0 Å². The SMILES string of the molecule is O=c1/c(=C/c2ccccc2)sc2n1C(c1ccccc1)C=C(c1ccc(Br)cc1)N=2. The number of hydrogen-bond donors (Lipinski definition) is 0. The lowest BCUT2D eigenvalue weighted by molar-refractivity contribution is 0.644. The molecule has 0 N–H and O–H groups in total. The van der Waals surface area contributed by atoms with Gasteiger partial charge in [-0.15, -0.1) is 0 Å². The molecule has 5 rings (SSSR count). The van der Waals surface area contributed by atoms with Gasteiger partial charge >= 0.3 is 0 Å². The van der Waals surface area contributed by atoms with Crippen LogP contribution in [0.5, 0.6) is 0 Å². The molecule has 5 heteroatoms. The van der Waals surface area contributed by atoms with E-state index in [2.05, 4.69) is 34.1 Å². The average Bonchev–Trinajstić information content (AvgIpc) is 3.10. The first-order valence-electron chi connectivity index (χ1n) is 9.58. The van der Waals surface area contributed by atoms with E-state index in [1.54, 1.807) is 4.57 Å². The zero-order chi connectivity index (χ0) is 20.5. The number of benzene rings is 3. The Morgan fingerprint density at radius 2 is 1.57 bits per heavy atom. The number of aromatic nitrogens is 1. The summed E-state index contributed by atoms with van der Waals surface area (Å²) in [5.74, 6) is 0. The highest BCUT2D eigenvalue weighted by molar-refractivity contribution is 9.10. The van der Waals surface area contributed by atoms with Gasteiger partial charge in [0.05, 0.1) is 16.3 Å². The fourth-order valence-corrected chi connectivity index (χ4v) is 4.83. The molecule has 4 aromatic rings. The van der Waals surface area contributed by atoms with E-state index < -0.39 is 0 Å². The Kier molecular flexibility index (Phi) is 5.07. The number of thiazole rings is 1. The molecule has 1 unspecified atom stereocenters. The maximum atomic E-state index is 13.3. The van der Waals surface area contributed by atoms with Crippen LogP contribution in [0.4, 0.5) is 0 Å². The molecule has 0 fully saturated rings. The highest BCUT2D eigenvalue weighted by Gasteiger charge is 2.22. The number of rotatable bonds is 3. The van der Waals surface area contributed by atoms with Crippen molar-refractivity contribution in [3.63, 3.8) is 0 Å². The first kappa shape index (κ1) is 19.0. The number of fused-ring (bicyclic) bond motifs is 1. The van der Waals surface area contributed by atoms with E-state index in [0.717, 1.165) is 31.7 Å². The second-order valence-corrected chi connectivity index (χ2v) is 8.93. The van der Waals surface area contributed by atoms with E-state index in [4.69, 9.17) is 4.99 Å². The van der Waals surface area contributed by atoms with Crippen molar-refractivity contribution >= 4 is 39.0 Å². The van der Waals surface area contributed by atoms with Crippen LogP contribution in [0, 0.1) is 0 Å². The minimum atomic E-state index is -0.195. The summed E-state index contributed by atoms with van der Waals surface area (Å²) < 4.78 is 3.51. The zero-order valence-electron chi connectivity index (χ0n) is 15.9. The highest BCUT2D eigenvalue weighted by atomic mass is 79.9. The third kappa shape index (κ3) is 3.62. The van der Waals surface area contributed by atoms with E-state index >= 15 is 0 Å². The standard InChI is InChI=1S/C25H17BrN2OS/c26-20-13-11-18(12-14-20)21-16-22(19-9-5-2-6-10-19)28-24(29)23(30-25(28)27-21)15-17-7-3-1-4-8-17/h1-16,22H/b23-15-. The highest BCUT2D eigenvalue weighted by Crippen LogP contribution is 2.27. The van der Waals surface area contributed by atoms with Crippen molar-refractivity contribution < 1.29 is 0 Å².